The SMILES string of the molecule is N#Cc1cc(C[C@H]2CC[C@H](C(=O)N3OCC[C@H]3c3ccc(F)cc3)CC2)ccc1F. The number of hydroxylamine groups is 2. The molecule has 0 unspecified atom stereocenters. The van der Waals surface area contributed by atoms with Gasteiger partial charge in [0, 0.05) is 12.3 Å². The molecule has 2 aromatic rings. The summed E-state index contributed by atoms with van der Waals surface area (Å²) in [6.07, 6.45) is 4.87. The molecule has 2 fully saturated rings. The molecule has 4 rings (SSSR count). The molecule has 6 heteroatoms. The fourth-order valence-electron chi connectivity index (χ4n) is 4.59. The van der Waals surface area contributed by atoms with E-state index in [2.05, 4.69) is 0 Å². The smallest absolute Gasteiger partial charge is 0.249 e. The maximum atomic E-state index is 13.5. The highest BCUT2D eigenvalue weighted by atomic mass is 19.1. The predicted molar refractivity (Wildman–Crippen MR) is 107 cm³/mol. The van der Waals surface area contributed by atoms with E-state index >= 15 is 0 Å². The van der Waals surface area contributed by atoms with Gasteiger partial charge in [-0.25, -0.2) is 13.8 Å². The number of amides is 1. The minimum absolute atomic E-state index is 0.00817. The minimum atomic E-state index is -0.489. The molecule has 1 atom stereocenters. The first-order valence-electron chi connectivity index (χ1n) is 10.4. The molecule has 0 N–H and O–H groups in total. The Balaban J connectivity index is 1.35. The van der Waals surface area contributed by atoms with Crippen LogP contribution < -0.4 is 0 Å². The molecular formula is C24H24F2N2O2. The lowest BCUT2D eigenvalue weighted by molar-refractivity contribution is -0.183. The van der Waals surface area contributed by atoms with Crippen LogP contribution in [-0.4, -0.2) is 17.6 Å². The summed E-state index contributed by atoms with van der Waals surface area (Å²) in [5.41, 5.74) is 1.93. The second-order valence-corrected chi connectivity index (χ2v) is 8.20. The molecule has 1 aliphatic heterocycles. The van der Waals surface area contributed by atoms with Crippen LogP contribution in [0, 0.1) is 34.8 Å². The maximum Gasteiger partial charge on any atom is 0.249 e. The van der Waals surface area contributed by atoms with Crippen LogP contribution in [0.1, 0.15) is 54.8 Å². The van der Waals surface area contributed by atoms with Crippen LogP contribution in [0.25, 0.3) is 0 Å². The minimum Gasteiger partial charge on any atom is -0.272 e. The van der Waals surface area contributed by atoms with Crippen LogP contribution in [0.15, 0.2) is 42.5 Å². The number of halogens is 2. The van der Waals surface area contributed by atoms with E-state index in [0.29, 0.717) is 18.9 Å². The van der Waals surface area contributed by atoms with E-state index in [-0.39, 0.29) is 29.2 Å². The van der Waals surface area contributed by atoms with Gasteiger partial charge in [-0.3, -0.25) is 9.63 Å². The summed E-state index contributed by atoms with van der Waals surface area (Å²) < 4.78 is 26.7. The quantitative estimate of drug-likeness (QED) is 0.705. The topological polar surface area (TPSA) is 53.3 Å². The van der Waals surface area contributed by atoms with E-state index in [1.165, 1.54) is 23.3 Å². The lowest BCUT2D eigenvalue weighted by atomic mass is 9.78. The van der Waals surface area contributed by atoms with E-state index in [4.69, 9.17) is 10.1 Å². The summed E-state index contributed by atoms with van der Waals surface area (Å²) in [5, 5.41) is 10.5. The molecule has 0 radical (unpaired) electrons. The summed E-state index contributed by atoms with van der Waals surface area (Å²) >= 11 is 0. The molecule has 1 saturated carbocycles. The molecule has 0 bridgehead atoms. The Morgan fingerprint density at radius 2 is 1.80 bits per heavy atom. The maximum absolute atomic E-state index is 13.5. The molecule has 1 heterocycles. The highest BCUT2D eigenvalue weighted by Gasteiger charge is 2.37. The van der Waals surface area contributed by atoms with Crippen molar-refractivity contribution >= 4 is 5.91 Å². The van der Waals surface area contributed by atoms with Gasteiger partial charge in [-0.2, -0.15) is 5.26 Å². The molecule has 2 aliphatic rings. The van der Waals surface area contributed by atoms with E-state index in [1.54, 1.807) is 24.3 Å². The van der Waals surface area contributed by atoms with Gasteiger partial charge < -0.3 is 0 Å². The van der Waals surface area contributed by atoms with Gasteiger partial charge in [-0.15, -0.1) is 0 Å². The molecule has 4 nitrogen and oxygen atoms in total. The monoisotopic (exact) mass is 410 g/mol. The number of carbonyl (C=O) groups excluding carboxylic acids is 1. The molecule has 0 spiro atoms. The van der Waals surface area contributed by atoms with Crippen molar-refractivity contribution in [2.45, 2.75) is 44.6 Å². The summed E-state index contributed by atoms with van der Waals surface area (Å²) in [6.45, 7) is 0.481. The van der Waals surface area contributed by atoms with Gasteiger partial charge in [0.05, 0.1) is 18.2 Å². The Bertz CT molecular complexity index is 947. The average Bonchev–Trinajstić information content (AvgIpc) is 3.25. The Morgan fingerprint density at radius 3 is 2.50 bits per heavy atom. The van der Waals surface area contributed by atoms with Crippen molar-refractivity contribution in [3.8, 4) is 6.07 Å². The lowest BCUT2D eigenvalue weighted by Gasteiger charge is -2.32. The van der Waals surface area contributed by atoms with Gasteiger partial charge in [-0.1, -0.05) is 18.2 Å². The van der Waals surface area contributed by atoms with Crippen molar-refractivity contribution in [1.82, 2.24) is 5.06 Å². The second-order valence-electron chi connectivity index (χ2n) is 8.20. The molecule has 1 saturated heterocycles. The summed E-state index contributed by atoms with van der Waals surface area (Å²) in [4.78, 5) is 18.7. The standard InChI is InChI=1S/C24H24F2N2O2/c25-21-8-6-18(7-9-21)23-11-12-30-28(23)24(29)19-4-1-16(2-5-19)13-17-3-10-22(26)20(14-17)15-27/h3,6-10,14,16,19,23H,1-2,4-5,11-13H2/t16-,19-,23-/m0/s1. The number of carbonyl (C=O) groups is 1. The van der Waals surface area contributed by atoms with Crippen LogP contribution in [0.2, 0.25) is 0 Å². The van der Waals surface area contributed by atoms with Crippen molar-refractivity contribution < 1.29 is 18.4 Å². The third kappa shape index (κ3) is 4.36. The number of nitriles is 1. The third-order valence-corrected chi connectivity index (χ3v) is 6.25. The Hall–Kier alpha value is -2.78. The van der Waals surface area contributed by atoms with E-state index in [9.17, 15) is 13.6 Å². The Labute approximate surface area is 175 Å². The van der Waals surface area contributed by atoms with Gasteiger partial charge in [0.2, 0.25) is 5.91 Å². The first kappa shape index (κ1) is 20.5. The molecular weight excluding hydrogens is 386 g/mol. The van der Waals surface area contributed by atoms with Crippen molar-refractivity contribution in [1.29, 1.82) is 5.26 Å². The fraction of sp³-hybridized carbons (Fsp3) is 0.417. The summed E-state index contributed by atoms with van der Waals surface area (Å²) in [7, 11) is 0. The molecule has 1 amide bonds. The average molecular weight is 410 g/mol. The second kappa shape index (κ2) is 8.93. The van der Waals surface area contributed by atoms with E-state index in [1.807, 2.05) is 6.07 Å². The van der Waals surface area contributed by atoms with Crippen LogP contribution in [0.5, 0.6) is 0 Å². The number of hydrogen-bond donors (Lipinski definition) is 0. The van der Waals surface area contributed by atoms with Crippen molar-refractivity contribution in [3.63, 3.8) is 0 Å². The van der Waals surface area contributed by atoms with Crippen LogP contribution in [-0.2, 0) is 16.1 Å². The Kier molecular flexibility index (Phi) is 6.10. The zero-order valence-corrected chi connectivity index (χ0v) is 16.7. The highest BCUT2D eigenvalue weighted by Crippen LogP contribution is 2.37. The molecule has 1 aliphatic carbocycles. The normalized spacial score (nSPS) is 23.9. The first-order valence-corrected chi connectivity index (χ1v) is 10.4. The zero-order chi connectivity index (χ0) is 21.1. The zero-order valence-electron chi connectivity index (χ0n) is 16.7. The van der Waals surface area contributed by atoms with Crippen LogP contribution in [0.4, 0.5) is 8.78 Å². The summed E-state index contributed by atoms with van der Waals surface area (Å²) in [6, 6.07) is 12.7. The van der Waals surface area contributed by atoms with Gasteiger partial charge >= 0.3 is 0 Å². The van der Waals surface area contributed by atoms with E-state index in [0.717, 1.165) is 43.2 Å². The number of nitrogens with zero attached hydrogens (tertiary/aromatic N) is 2. The highest BCUT2D eigenvalue weighted by molar-refractivity contribution is 5.78. The van der Waals surface area contributed by atoms with E-state index < -0.39 is 5.82 Å². The molecule has 0 aromatic heterocycles. The van der Waals surface area contributed by atoms with Gasteiger partial charge in [0.25, 0.3) is 0 Å². The number of benzene rings is 2. The van der Waals surface area contributed by atoms with Crippen molar-refractivity contribution in [2.24, 2.45) is 11.8 Å². The largest absolute Gasteiger partial charge is 0.272 e. The lowest BCUT2D eigenvalue weighted by Crippen LogP contribution is -2.36. The predicted octanol–water partition coefficient (Wildman–Crippen LogP) is 5.09. The van der Waals surface area contributed by atoms with Gasteiger partial charge in [0.15, 0.2) is 0 Å². The summed E-state index contributed by atoms with van der Waals surface area (Å²) in [5.74, 6) is -0.439. The fourth-order valence-corrected chi connectivity index (χ4v) is 4.59. The van der Waals surface area contributed by atoms with Crippen molar-refractivity contribution in [3.05, 3.63) is 70.8 Å². The van der Waals surface area contributed by atoms with Gasteiger partial charge in [0.1, 0.15) is 17.7 Å². The van der Waals surface area contributed by atoms with Crippen LogP contribution in [0.3, 0.4) is 0 Å². The number of hydrogen-bond acceptors (Lipinski definition) is 3. The Morgan fingerprint density at radius 1 is 1.07 bits per heavy atom. The number of rotatable bonds is 4. The van der Waals surface area contributed by atoms with Crippen molar-refractivity contribution in [2.75, 3.05) is 6.61 Å². The van der Waals surface area contributed by atoms with Gasteiger partial charge in [-0.05, 0) is 73.4 Å². The first-order chi connectivity index (χ1) is 14.5. The molecule has 30 heavy (non-hydrogen) atoms. The molecule has 156 valence electrons. The third-order valence-electron chi connectivity index (χ3n) is 6.25. The molecule has 2 aromatic carbocycles. The van der Waals surface area contributed by atoms with Crippen LogP contribution >= 0.6 is 0 Å².